The van der Waals surface area contributed by atoms with Crippen molar-refractivity contribution in [1.82, 2.24) is 24.4 Å². The topological polar surface area (TPSA) is 141 Å². The second kappa shape index (κ2) is 7.87. The Balaban J connectivity index is 1.42. The number of amides is 2. The molecule has 3 aromatic heterocycles. The van der Waals surface area contributed by atoms with Crippen molar-refractivity contribution in [3.63, 3.8) is 0 Å². The third-order valence-electron chi connectivity index (χ3n) is 5.38. The molecule has 4 heterocycles. The maximum absolute atomic E-state index is 13.2. The van der Waals surface area contributed by atoms with Gasteiger partial charge in [0.15, 0.2) is 5.58 Å². The van der Waals surface area contributed by atoms with Crippen molar-refractivity contribution >= 4 is 57.6 Å². The lowest BCUT2D eigenvalue weighted by Gasteiger charge is -2.40. The zero-order chi connectivity index (χ0) is 24.2. The van der Waals surface area contributed by atoms with Crippen LogP contribution in [0.1, 0.15) is 37.2 Å². The van der Waals surface area contributed by atoms with Gasteiger partial charge in [-0.1, -0.05) is 17.7 Å². The third-order valence-corrected chi connectivity index (χ3v) is 5.68. The quantitative estimate of drug-likeness (QED) is 0.447. The van der Waals surface area contributed by atoms with E-state index in [0.717, 1.165) is 0 Å². The zero-order valence-corrected chi connectivity index (χ0v) is 19.5. The van der Waals surface area contributed by atoms with Crippen LogP contribution in [0, 0.1) is 0 Å². The maximum atomic E-state index is 13.2. The number of likely N-dealkylation sites (tertiary alicyclic amines) is 1. The lowest BCUT2D eigenvalue weighted by molar-refractivity contribution is 0.00148. The molecule has 34 heavy (non-hydrogen) atoms. The van der Waals surface area contributed by atoms with Gasteiger partial charge in [0.25, 0.3) is 5.91 Å². The predicted molar refractivity (Wildman–Crippen MR) is 126 cm³/mol. The SMILES string of the molecule is CC(C)(C)OC(=O)N1CC(n2cc(C(=O)Nc3nc4cccc(Cl)c4o3)c3c(N)ncnc32)C1. The van der Waals surface area contributed by atoms with Crippen molar-refractivity contribution in [2.24, 2.45) is 0 Å². The number of halogens is 1. The molecule has 1 aliphatic heterocycles. The summed E-state index contributed by atoms with van der Waals surface area (Å²) in [7, 11) is 0. The number of fused-ring (bicyclic) bond motifs is 2. The van der Waals surface area contributed by atoms with Gasteiger partial charge in [0.1, 0.15) is 28.9 Å². The summed E-state index contributed by atoms with van der Waals surface area (Å²) in [5.41, 5.74) is 7.17. The molecule has 176 valence electrons. The van der Waals surface area contributed by atoms with Gasteiger partial charge in [-0.15, -0.1) is 0 Å². The van der Waals surface area contributed by atoms with Gasteiger partial charge >= 0.3 is 12.1 Å². The van der Waals surface area contributed by atoms with Crippen molar-refractivity contribution in [3.8, 4) is 0 Å². The van der Waals surface area contributed by atoms with E-state index in [1.165, 1.54) is 6.33 Å². The number of para-hydroxylation sites is 1. The number of ether oxygens (including phenoxy) is 1. The van der Waals surface area contributed by atoms with E-state index in [-0.39, 0.29) is 29.5 Å². The Morgan fingerprint density at radius 3 is 2.74 bits per heavy atom. The van der Waals surface area contributed by atoms with Crippen molar-refractivity contribution in [2.45, 2.75) is 32.4 Å². The average Bonchev–Trinajstić information content (AvgIpc) is 3.29. The summed E-state index contributed by atoms with van der Waals surface area (Å²) in [6, 6.07) is 5.04. The molecule has 0 radical (unpaired) electrons. The van der Waals surface area contributed by atoms with Crippen molar-refractivity contribution < 1.29 is 18.7 Å². The van der Waals surface area contributed by atoms with Crippen LogP contribution < -0.4 is 11.1 Å². The molecule has 1 aliphatic rings. The molecular formula is C22H22ClN7O4. The first-order chi connectivity index (χ1) is 16.1. The second-order valence-electron chi connectivity index (χ2n) is 9.01. The molecule has 0 unspecified atom stereocenters. The minimum Gasteiger partial charge on any atom is -0.444 e. The van der Waals surface area contributed by atoms with Crippen LogP contribution in [-0.4, -0.2) is 55.1 Å². The van der Waals surface area contributed by atoms with E-state index in [2.05, 4.69) is 20.3 Å². The molecule has 1 aromatic carbocycles. The molecule has 4 aromatic rings. The van der Waals surface area contributed by atoms with Gasteiger partial charge in [-0.3, -0.25) is 10.1 Å². The van der Waals surface area contributed by atoms with Crippen molar-refractivity contribution in [1.29, 1.82) is 0 Å². The summed E-state index contributed by atoms with van der Waals surface area (Å²) >= 11 is 6.13. The highest BCUT2D eigenvalue weighted by atomic mass is 35.5. The first-order valence-corrected chi connectivity index (χ1v) is 10.9. The lowest BCUT2D eigenvalue weighted by Crippen LogP contribution is -2.52. The Bertz CT molecular complexity index is 1430. The second-order valence-corrected chi connectivity index (χ2v) is 9.42. The van der Waals surface area contributed by atoms with Gasteiger partial charge in [-0.05, 0) is 32.9 Å². The molecule has 11 nitrogen and oxygen atoms in total. The largest absolute Gasteiger partial charge is 0.444 e. The molecule has 12 heteroatoms. The molecule has 0 bridgehead atoms. The number of nitrogens with one attached hydrogen (secondary N) is 1. The number of rotatable bonds is 3. The standard InChI is InChI=1S/C22H22ClN7O4/c1-22(2,3)34-21(32)29-7-11(8-29)30-9-12(15-17(24)25-10-26-18(15)30)19(31)28-20-27-14-6-4-5-13(23)16(14)33-20/h4-6,9-11H,7-8H2,1-3H3,(H2,24,25,26)(H,27,28,31). The van der Waals surface area contributed by atoms with E-state index < -0.39 is 11.5 Å². The van der Waals surface area contributed by atoms with Gasteiger partial charge in [-0.25, -0.2) is 14.8 Å². The summed E-state index contributed by atoms with van der Waals surface area (Å²) in [6.45, 7) is 6.27. The van der Waals surface area contributed by atoms with Crippen LogP contribution in [0.3, 0.4) is 0 Å². The summed E-state index contributed by atoms with van der Waals surface area (Å²) < 4.78 is 12.8. The lowest BCUT2D eigenvalue weighted by atomic mass is 10.1. The van der Waals surface area contributed by atoms with E-state index in [4.69, 9.17) is 26.5 Å². The first-order valence-electron chi connectivity index (χ1n) is 10.6. The average molecular weight is 484 g/mol. The Morgan fingerprint density at radius 1 is 1.26 bits per heavy atom. The number of oxazole rings is 1. The van der Waals surface area contributed by atoms with Crippen LogP contribution in [0.15, 0.2) is 35.1 Å². The number of hydrogen-bond acceptors (Lipinski definition) is 8. The summed E-state index contributed by atoms with van der Waals surface area (Å²) in [6.07, 6.45) is 2.60. The number of benzene rings is 1. The highest BCUT2D eigenvalue weighted by Gasteiger charge is 2.36. The zero-order valence-electron chi connectivity index (χ0n) is 18.7. The smallest absolute Gasteiger partial charge is 0.410 e. The maximum Gasteiger partial charge on any atom is 0.410 e. The molecule has 0 atom stereocenters. The molecular weight excluding hydrogens is 462 g/mol. The molecule has 0 saturated carbocycles. The Labute approximate surface area is 198 Å². The van der Waals surface area contributed by atoms with Crippen LogP contribution in [-0.2, 0) is 4.74 Å². The number of aromatic nitrogens is 4. The molecule has 0 spiro atoms. The van der Waals surface area contributed by atoms with E-state index in [0.29, 0.717) is 40.2 Å². The predicted octanol–water partition coefficient (Wildman–Crippen LogP) is 3.85. The third kappa shape index (κ3) is 3.87. The van der Waals surface area contributed by atoms with Crippen LogP contribution in [0.2, 0.25) is 5.02 Å². The molecule has 1 fully saturated rings. The molecule has 5 rings (SSSR count). The summed E-state index contributed by atoms with van der Waals surface area (Å²) in [5, 5.41) is 3.45. The molecule has 3 N–H and O–H groups in total. The highest BCUT2D eigenvalue weighted by molar-refractivity contribution is 6.34. The monoisotopic (exact) mass is 483 g/mol. The summed E-state index contributed by atoms with van der Waals surface area (Å²) in [4.78, 5) is 39.7. The van der Waals surface area contributed by atoms with E-state index in [1.807, 2.05) is 25.3 Å². The number of anilines is 2. The van der Waals surface area contributed by atoms with Crippen LogP contribution in [0.4, 0.5) is 16.6 Å². The molecule has 0 aliphatic carbocycles. The van der Waals surface area contributed by atoms with Gasteiger partial charge in [-0.2, -0.15) is 4.98 Å². The van der Waals surface area contributed by atoms with E-state index >= 15 is 0 Å². The molecule has 1 saturated heterocycles. The fourth-order valence-corrected chi connectivity index (χ4v) is 4.01. The minimum absolute atomic E-state index is 0.00386. The van der Waals surface area contributed by atoms with Gasteiger partial charge in [0.2, 0.25) is 0 Å². The highest BCUT2D eigenvalue weighted by Crippen LogP contribution is 2.32. The van der Waals surface area contributed by atoms with E-state index in [1.54, 1.807) is 29.3 Å². The number of carbonyl (C=O) groups is 2. The van der Waals surface area contributed by atoms with Gasteiger partial charge in [0.05, 0.1) is 22.0 Å². The minimum atomic E-state index is -0.579. The number of nitrogens with zero attached hydrogens (tertiary/aromatic N) is 5. The van der Waals surface area contributed by atoms with Crippen LogP contribution in [0.25, 0.3) is 22.1 Å². The Kier molecular flexibility index (Phi) is 5.08. The Hall–Kier alpha value is -3.86. The molecule has 2 amide bonds. The number of carbonyl (C=O) groups excluding carboxylic acids is 2. The number of hydrogen-bond donors (Lipinski definition) is 2. The van der Waals surface area contributed by atoms with Crippen LogP contribution >= 0.6 is 11.6 Å². The van der Waals surface area contributed by atoms with Crippen molar-refractivity contribution in [3.05, 3.63) is 41.3 Å². The normalized spacial score (nSPS) is 14.4. The number of nitrogen functional groups attached to an aromatic ring is 1. The first kappa shape index (κ1) is 22.0. The fraction of sp³-hybridized carbons (Fsp3) is 0.318. The summed E-state index contributed by atoms with van der Waals surface area (Å²) in [5.74, 6) is -0.325. The van der Waals surface area contributed by atoms with Crippen LogP contribution in [0.5, 0.6) is 0 Å². The Morgan fingerprint density at radius 2 is 2.03 bits per heavy atom. The van der Waals surface area contributed by atoms with Gasteiger partial charge < -0.3 is 24.4 Å². The number of nitrogens with two attached hydrogens (primary N) is 1. The van der Waals surface area contributed by atoms with Gasteiger partial charge in [0, 0.05) is 19.3 Å². The van der Waals surface area contributed by atoms with E-state index in [9.17, 15) is 9.59 Å². The fourth-order valence-electron chi connectivity index (χ4n) is 3.80. The van der Waals surface area contributed by atoms with Crippen molar-refractivity contribution in [2.75, 3.05) is 24.1 Å².